The van der Waals surface area contributed by atoms with E-state index in [2.05, 4.69) is 229 Å². The third kappa shape index (κ3) is 5.90. The maximum absolute atomic E-state index is 5.42. The lowest BCUT2D eigenvalue weighted by molar-refractivity contribution is 1.15. The van der Waals surface area contributed by atoms with Crippen LogP contribution in [0.2, 0.25) is 0 Å². The van der Waals surface area contributed by atoms with Crippen LogP contribution in [0.1, 0.15) is 0 Å². The topological polar surface area (TPSA) is 30.7 Å². The summed E-state index contributed by atoms with van der Waals surface area (Å²) >= 11 is 0. The van der Waals surface area contributed by atoms with Gasteiger partial charge in [0.2, 0.25) is 0 Å². The van der Waals surface area contributed by atoms with Gasteiger partial charge in [-0.25, -0.2) is 9.97 Å². The number of benzene rings is 10. The molecule has 12 rings (SSSR count). The quantitative estimate of drug-likeness (QED) is 0.124. The Morgan fingerprint density at radius 1 is 0.295 bits per heavy atom. The fourth-order valence-electron chi connectivity index (χ4n) is 9.34. The van der Waals surface area contributed by atoms with Gasteiger partial charge in [0.1, 0.15) is 0 Å². The van der Waals surface area contributed by atoms with Crippen molar-refractivity contribution in [2.24, 2.45) is 0 Å². The summed E-state index contributed by atoms with van der Waals surface area (Å²) in [5.41, 5.74) is 12.8. The smallest absolute Gasteiger partial charge is 0.160 e. The number of hydrogen-bond donors (Lipinski definition) is 0. The Labute approximate surface area is 353 Å². The van der Waals surface area contributed by atoms with Crippen LogP contribution >= 0.6 is 0 Å². The first kappa shape index (κ1) is 34.9. The van der Waals surface area contributed by atoms with Crippen molar-refractivity contribution in [3.05, 3.63) is 224 Å². The van der Waals surface area contributed by atoms with Crippen molar-refractivity contribution in [1.82, 2.24) is 14.5 Å². The molecule has 3 nitrogen and oxygen atoms in total. The van der Waals surface area contributed by atoms with Crippen molar-refractivity contribution in [1.29, 1.82) is 0 Å². The average molecular weight is 776 g/mol. The second kappa shape index (κ2) is 14.3. The Hall–Kier alpha value is -8.14. The molecule has 0 atom stereocenters. The standard InChI is InChI=1S/C58H37N3/c1-2-15-38(16-3-1)42-19-14-20-44(35-42)52-37-53(50-25-10-13-28-56(50)61-54-26-11-8-23-47(54)48-24-9-12-27-55(48)61)60-58(59-52)41-31-29-40(30-32-41)57-46-22-7-5-18-43(46)36-51-45-21-6-4-17-39(45)33-34-49(51)57/h1-37H. The van der Waals surface area contributed by atoms with Crippen LogP contribution in [-0.2, 0) is 0 Å². The van der Waals surface area contributed by atoms with Crippen LogP contribution in [0.4, 0.5) is 0 Å². The van der Waals surface area contributed by atoms with E-state index < -0.39 is 0 Å². The molecule has 0 aliphatic heterocycles. The van der Waals surface area contributed by atoms with Crippen molar-refractivity contribution in [2.75, 3.05) is 0 Å². The van der Waals surface area contributed by atoms with Gasteiger partial charge < -0.3 is 4.57 Å². The maximum atomic E-state index is 5.42. The summed E-state index contributed by atoms with van der Waals surface area (Å²) in [4.78, 5) is 10.8. The molecule has 61 heavy (non-hydrogen) atoms. The third-order valence-corrected chi connectivity index (χ3v) is 12.2. The fraction of sp³-hybridized carbons (Fsp3) is 0. The van der Waals surface area contributed by atoms with Crippen LogP contribution in [-0.4, -0.2) is 14.5 Å². The molecule has 3 heteroatoms. The van der Waals surface area contributed by atoms with Crippen LogP contribution in [0, 0.1) is 0 Å². The van der Waals surface area contributed by atoms with Crippen LogP contribution in [0.5, 0.6) is 0 Å². The Bertz CT molecular complexity index is 3580. The van der Waals surface area contributed by atoms with Crippen molar-refractivity contribution in [2.45, 2.75) is 0 Å². The largest absolute Gasteiger partial charge is 0.309 e. The van der Waals surface area contributed by atoms with Gasteiger partial charge in [-0.1, -0.05) is 188 Å². The molecule has 0 spiro atoms. The molecule has 0 saturated heterocycles. The molecule has 0 fully saturated rings. The number of rotatable bonds is 6. The number of nitrogens with zero attached hydrogens (tertiary/aromatic N) is 3. The first-order valence-corrected chi connectivity index (χ1v) is 20.8. The highest BCUT2D eigenvalue weighted by molar-refractivity contribution is 6.20. The van der Waals surface area contributed by atoms with Crippen molar-refractivity contribution >= 4 is 54.1 Å². The molecule has 12 aromatic rings. The molecule has 0 aliphatic rings. The first-order chi connectivity index (χ1) is 30.2. The highest BCUT2D eigenvalue weighted by Gasteiger charge is 2.19. The first-order valence-electron chi connectivity index (χ1n) is 20.8. The monoisotopic (exact) mass is 775 g/mol. The average Bonchev–Trinajstić information content (AvgIpc) is 3.68. The minimum atomic E-state index is 0.676. The molecule has 2 heterocycles. The Kier molecular flexibility index (Phi) is 8.17. The number of fused-ring (bicyclic) bond motifs is 7. The summed E-state index contributed by atoms with van der Waals surface area (Å²) in [7, 11) is 0. The van der Waals surface area contributed by atoms with Crippen molar-refractivity contribution in [3.63, 3.8) is 0 Å². The molecule has 0 aliphatic carbocycles. The van der Waals surface area contributed by atoms with Crippen LogP contribution in [0.3, 0.4) is 0 Å². The third-order valence-electron chi connectivity index (χ3n) is 12.2. The normalized spacial score (nSPS) is 11.6. The summed E-state index contributed by atoms with van der Waals surface area (Å²) in [5, 5.41) is 9.92. The lowest BCUT2D eigenvalue weighted by atomic mass is 9.89. The molecule has 284 valence electrons. The zero-order valence-electron chi connectivity index (χ0n) is 33.2. The van der Waals surface area contributed by atoms with Crippen LogP contribution in [0.25, 0.3) is 116 Å². The number of aromatic nitrogens is 3. The van der Waals surface area contributed by atoms with Crippen LogP contribution in [0.15, 0.2) is 224 Å². The molecule has 0 radical (unpaired) electrons. The van der Waals surface area contributed by atoms with Crippen LogP contribution < -0.4 is 0 Å². The molecular formula is C58H37N3. The molecule has 2 aromatic heterocycles. The van der Waals surface area contributed by atoms with Gasteiger partial charge in [-0.2, -0.15) is 0 Å². The van der Waals surface area contributed by atoms with E-state index in [4.69, 9.17) is 9.97 Å². The van der Waals surface area contributed by atoms with Gasteiger partial charge in [0.15, 0.2) is 5.82 Å². The highest BCUT2D eigenvalue weighted by atomic mass is 15.0. The molecule has 0 unspecified atom stereocenters. The van der Waals surface area contributed by atoms with Gasteiger partial charge in [-0.15, -0.1) is 0 Å². The van der Waals surface area contributed by atoms with Crippen molar-refractivity contribution in [3.8, 4) is 61.8 Å². The van der Waals surface area contributed by atoms with Crippen molar-refractivity contribution < 1.29 is 0 Å². The van der Waals surface area contributed by atoms with E-state index in [0.29, 0.717) is 5.82 Å². The Balaban J connectivity index is 1.05. The summed E-state index contributed by atoms with van der Waals surface area (Å²) < 4.78 is 2.38. The van der Waals surface area contributed by atoms with E-state index in [1.54, 1.807) is 0 Å². The lowest BCUT2D eigenvalue weighted by Gasteiger charge is -2.16. The molecule has 0 N–H and O–H groups in total. The number of hydrogen-bond acceptors (Lipinski definition) is 2. The van der Waals surface area contributed by atoms with E-state index in [1.165, 1.54) is 54.2 Å². The van der Waals surface area contributed by atoms with Gasteiger partial charge in [-0.3, -0.25) is 0 Å². The summed E-state index contributed by atoms with van der Waals surface area (Å²) in [6.45, 7) is 0. The Morgan fingerprint density at radius 2 is 0.885 bits per heavy atom. The van der Waals surface area contributed by atoms with E-state index in [-0.39, 0.29) is 0 Å². The van der Waals surface area contributed by atoms with E-state index >= 15 is 0 Å². The highest BCUT2D eigenvalue weighted by Crippen LogP contribution is 2.41. The fourth-order valence-corrected chi connectivity index (χ4v) is 9.34. The second-order valence-electron chi connectivity index (χ2n) is 15.7. The second-order valence-corrected chi connectivity index (χ2v) is 15.7. The van der Waals surface area contributed by atoms with Gasteiger partial charge in [-0.05, 0) is 91.0 Å². The maximum Gasteiger partial charge on any atom is 0.160 e. The summed E-state index contributed by atoms with van der Waals surface area (Å²) in [6, 6.07) is 80.4. The minimum absolute atomic E-state index is 0.676. The molecular weight excluding hydrogens is 739 g/mol. The van der Waals surface area contributed by atoms with Gasteiger partial charge >= 0.3 is 0 Å². The Morgan fingerprint density at radius 3 is 1.67 bits per heavy atom. The molecule has 0 bridgehead atoms. The molecule has 0 amide bonds. The predicted octanol–water partition coefficient (Wildman–Crippen LogP) is 15.4. The van der Waals surface area contributed by atoms with Gasteiger partial charge in [0.25, 0.3) is 0 Å². The lowest BCUT2D eigenvalue weighted by Crippen LogP contribution is -2.01. The zero-order chi connectivity index (χ0) is 40.3. The van der Waals surface area contributed by atoms with E-state index in [9.17, 15) is 0 Å². The zero-order valence-corrected chi connectivity index (χ0v) is 33.2. The summed E-state index contributed by atoms with van der Waals surface area (Å²) in [5.74, 6) is 0.676. The summed E-state index contributed by atoms with van der Waals surface area (Å²) in [6.07, 6.45) is 0. The molecule has 0 saturated carbocycles. The van der Waals surface area contributed by atoms with E-state index in [1.807, 2.05) is 0 Å². The minimum Gasteiger partial charge on any atom is -0.309 e. The number of para-hydroxylation sites is 3. The van der Waals surface area contributed by atoms with Gasteiger partial charge in [0.05, 0.1) is 28.1 Å². The van der Waals surface area contributed by atoms with E-state index in [0.717, 1.165) is 55.9 Å². The molecule has 10 aromatic carbocycles. The predicted molar refractivity (Wildman–Crippen MR) is 256 cm³/mol. The SMILES string of the molecule is c1ccc(-c2cccc(-c3cc(-c4ccccc4-n4c5ccccc5c5ccccc54)nc(-c4ccc(-c5c6ccccc6cc6c5ccc5ccccc56)cc4)n3)c2)cc1. The van der Waals surface area contributed by atoms with Gasteiger partial charge in [0, 0.05) is 27.5 Å².